The van der Waals surface area contributed by atoms with Gasteiger partial charge < -0.3 is 5.32 Å². The predicted molar refractivity (Wildman–Crippen MR) is 127 cm³/mol. The van der Waals surface area contributed by atoms with Gasteiger partial charge in [0.1, 0.15) is 0 Å². The number of nitrogens with one attached hydrogen (secondary N) is 1. The van der Waals surface area contributed by atoms with Gasteiger partial charge in [0.15, 0.2) is 0 Å². The van der Waals surface area contributed by atoms with Crippen LogP contribution in [0.1, 0.15) is 67.3 Å². The fourth-order valence-corrected chi connectivity index (χ4v) is 5.37. The molecule has 0 spiro atoms. The summed E-state index contributed by atoms with van der Waals surface area (Å²) in [6.07, 6.45) is 7.55. The van der Waals surface area contributed by atoms with Crippen molar-refractivity contribution in [2.45, 2.75) is 64.8 Å². The normalized spacial score (nSPS) is 14.5. The van der Waals surface area contributed by atoms with E-state index in [1.54, 1.807) is 6.07 Å². The van der Waals surface area contributed by atoms with Crippen molar-refractivity contribution in [3.63, 3.8) is 0 Å². The topological polar surface area (TPSA) is 66.5 Å². The van der Waals surface area contributed by atoms with E-state index < -0.39 is 10.0 Å². The Morgan fingerprint density at radius 2 is 1.81 bits per heavy atom. The Balaban J connectivity index is 1.60. The van der Waals surface area contributed by atoms with Gasteiger partial charge in [-0.3, -0.25) is 9.10 Å². The van der Waals surface area contributed by atoms with Crippen molar-refractivity contribution in [2.75, 3.05) is 17.1 Å². The minimum absolute atomic E-state index is 0.0119. The van der Waals surface area contributed by atoms with Gasteiger partial charge in [-0.05, 0) is 73.8 Å². The van der Waals surface area contributed by atoms with Crippen molar-refractivity contribution in [2.24, 2.45) is 0 Å². The molecule has 1 aliphatic rings. The van der Waals surface area contributed by atoms with Crippen molar-refractivity contribution in [1.29, 1.82) is 0 Å². The van der Waals surface area contributed by atoms with Crippen LogP contribution in [0, 0.1) is 6.92 Å². The summed E-state index contributed by atoms with van der Waals surface area (Å²) in [5, 5.41) is 3.15. The summed E-state index contributed by atoms with van der Waals surface area (Å²) in [5.41, 5.74) is 5.59. The molecule has 2 aromatic rings. The lowest BCUT2D eigenvalue weighted by Gasteiger charge is -2.24. The van der Waals surface area contributed by atoms with Crippen molar-refractivity contribution in [3.8, 4) is 0 Å². The van der Waals surface area contributed by atoms with E-state index in [1.807, 2.05) is 25.1 Å². The highest BCUT2D eigenvalue weighted by molar-refractivity contribution is 7.92. The molecule has 31 heavy (non-hydrogen) atoms. The molecule has 1 N–H and O–H groups in total. The van der Waals surface area contributed by atoms with E-state index in [9.17, 15) is 13.2 Å². The van der Waals surface area contributed by atoms with E-state index >= 15 is 0 Å². The molecular formula is C25H34N2O3S. The number of fused-ring (bicyclic) bond motifs is 1. The molecule has 0 saturated carbocycles. The van der Waals surface area contributed by atoms with Crippen LogP contribution in [0.15, 0.2) is 42.5 Å². The maximum atomic E-state index is 12.6. The van der Waals surface area contributed by atoms with E-state index in [2.05, 4.69) is 30.4 Å². The molecule has 2 aromatic carbocycles. The molecule has 0 radical (unpaired) electrons. The second-order valence-corrected chi connectivity index (χ2v) is 10.4. The second kappa shape index (κ2) is 10.3. The van der Waals surface area contributed by atoms with E-state index in [0.717, 1.165) is 30.4 Å². The molecule has 0 aliphatic heterocycles. The van der Waals surface area contributed by atoms with Crippen LogP contribution in [0.4, 0.5) is 5.69 Å². The smallest absolute Gasteiger partial charge is 0.232 e. The van der Waals surface area contributed by atoms with Crippen LogP contribution >= 0.6 is 0 Å². The van der Waals surface area contributed by atoms with Crippen LogP contribution in [0.25, 0.3) is 0 Å². The molecule has 168 valence electrons. The summed E-state index contributed by atoms with van der Waals surface area (Å²) >= 11 is 0. The van der Waals surface area contributed by atoms with Crippen LogP contribution in [0.5, 0.6) is 0 Å². The summed E-state index contributed by atoms with van der Waals surface area (Å²) in [7, 11) is -3.42. The zero-order valence-corrected chi connectivity index (χ0v) is 19.7. The second-order valence-electron chi connectivity index (χ2n) is 8.49. The molecule has 1 amide bonds. The zero-order chi connectivity index (χ0) is 22.4. The number of amides is 1. The van der Waals surface area contributed by atoms with Crippen molar-refractivity contribution in [1.82, 2.24) is 5.32 Å². The molecule has 1 aliphatic carbocycles. The first kappa shape index (κ1) is 23.3. The molecule has 0 bridgehead atoms. The zero-order valence-electron chi connectivity index (χ0n) is 18.9. The quantitative estimate of drug-likeness (QED) is 0.613. The SMILES string of the molecule is CC[C@H](NC(=O)CCCN(c1ccccc1C)S(C)(=O)=O)c1ccc2c(c1)CCCC2. The van der Waals surface area contributed by atoms with E-state index in [0.29, 0.717) is 18.5 Å². The first-order chi connectivity index (χ1) is 14.8. The number of hydrogen-bond acceptors (Lipinski definition) is 3. The van der Waals surface area contributed by atoms with E-state index in [1.165, 1.54) is 34.5 Å². The largest absolute Gasteiger partial charge is 0.349 e. The van der Waals surface area contributed by atoms with Crippen LogP contribution in [-0.4, -0.2) is 27.1 Å². The molecule has 0 unspecified atom stereocenters. The van der Waals surface area contributed by atoms with Gasteiger partial charge in [0, 0.05) is 13.0 Å². The number of rotatable bonds is 9. The van der Waals surface area contributed by atoms with E-state index in [-0.39, 0.29) is 18.5 Å². The number of aryl methyl sites for hydroxylation is 3. The number of carbonyl (C=O) groups is 1. The van der Waals surface area contributed by atoms with Gasteiger partial charge >= 0.3 is 0 Å². The van der Waals surface area contributed by atoms with Gasteiger partial charge in [-0.25, -0.2) is 8.42 Å². The first-order valence-electron chi connectivity index (χ1n) is 11.2. The molecule has 6 heteroatoms. The summed E-state index contributed by atoms with van der Waals surface area (Å²) in [6, 6.07) is 14.0. The highest BCUT2D eigenvalue weighted by Crippen LogP contribution is 2.26. The van der Waals surface area contributed by atoms with Crippen molar-refractivity contribution >= 4 is 21.6 Å². The number of nitrogens with zero attached hydrogens (tertiary/aromatic N) is 1. The molecule has 5 nitrogen and oxygen atoms in total. The lowest BCUT2D eigenvalue weighted by molar-refractivity contribution is -0.121. The summed E-state index contributed by atoms with van der Waals surface area (Å²) in [4.78, 5) is 12.6. The number of para-hydroxylation sites is 1. The molecule has 0 heterocycles. The average Bonchev–Trinajstić information content (AvgIpc) is 2.74. The molecule has 0 saturated heterocycles. The molecular weight excluding hydrogens is 408 g/mol. The molecule has 3 rings (SSSR count). The Hall–Kier alpha value is -2.34. The predicted octanol–water partition coefficient (Wildman–Crippen LogP) is 4.69. The maximum absolute atomic E-state index is 12.6. The Labute approximate surface area is 186 Å². The van der Waals surface area contributed by atoms with Gasteiger partial charge in [-0.15, -0.1) is 0 Å². The monoisotopic (exact) mass is 442 g/mol. The summed E-state index contributed by atoms with van der Waals surface area (Å²) < 4.78 is 26.0. The average molecular weight is 443 g/mol. The van der Waals surface area contributed by atoms with Gasteiger partial charge in [0.2, 0.25) is 15.9 Å². The Morgan fingerprint density at radius 1 is 1.10 bits per heavy atom. The van der Waals surface area contributed by atoms with Crippen LogP contribution in [-0.2, 0) is 27.7 Å². The maximum Gasteiger partial charge on any atom is 0.232 e. The van der Waals surface area contributed by atoms with Gasteiger partial charge in [-0.2, -0.15) is 0 Å². The highest BCUT2D eigenvalue weighted by Gasteiger charge is 2.20. The fourth-order valence-electron chi connectivity index (χ4n) is 4.35. The Kier molecular flexibility index (Phi) is 7.76. The molecule has 0 fully saturated rings. The molecule has 1 atom stereocenters. The minimum atomic E-state index is -3.42. The fraction of sp³-hybridized carbons (Fsp3) is 0.480. The number of sulfonamides is 1. The lowest BCUT2D eigenvalue weighted by atomic mass is 9.89. The minimum Gasteiger partial charge on any atom is -0.349 e. The van der Waals surface area contributed by atoms with Crippen molar-refractivity contribution in [3.05, 3.63) is 64.7 Å². The van der Waals surface area contributed by atoms with Gasteiger partial charge in [-0.1, -0.05) is 43.3 Å². The van der Waals surface area contributed by atoms with Gasteiger partial charge in [0.05, 0.1) is 18.0 Å². The number of anilines is 1. The lowest BCUT2D eigenvalue weighted by Crippen LogP contribution is -2.33. The Bertz CT molecular complexity index is 1020. The third-order valence-electron chi connectivity index (χ3n) is 6.07. The first-order valence-corrected chi connectivity index (χ1v) is 13.1. The van der Waals surface area contributed by atoms with Gasteiger partial charge in [0.25, 0.3) is 0 Å². The van der Waals surface area contributed by atoms with Crippen LogP contribution in [0.2, 0.25) is 0 Å². The Morgan fingerprint density at radius 3 is 2.48 bits per heavy atom. The summed E-state index contributed by atoms with van der Waals surface area (Å²) in [6.45, 7) is 4.26. The van der Waals surface area contributed by atoms with Crippen LogP contribution in [0.3, 0.4) is 0 Å². The number of hydrogen-bond donors (Lipinski definition) is 1. The third kappa shape index (κ3) is 6.10. The van der Waals surface area contributed by atoms with Crippen LogP contribution < -0.4 is 9.62 Å². The molecule has 0 aromatic heterocycles. The summed E-state index contributed by atoms with van der Waals surface area (Å²) in [5.74, 6) is -0.0391. The number of carbonyl (C=O) groups excluding carboxylic acids is 1. The standard InChI is InChI=1S/C25H34N2O3S/c1-4-23(22-16-15-20-11-6-7-12-21(20)18-22)26-25(28)14-9-17-27(31(3,29)30)24-13-8-5-10-19(24)2/h5,8,10,13,15-16,18,23H,4,6-7,9,11-12,14,17H2,1-3H3,(H,26,28)/t23-/m0/s1. The van der Waals surface area contributed by atoms with Crippen molar-refractivity contribution < 1.29 is 13.2 Å². The third-order valence-corrected chi connectivity index (χ3v) is 7.25. The highest BCUT2D eigenvalue weighted by atomic mass is 32.2. The number of benzene rings is 2. The van der Waals surface area contributed by atoms with E-state index in [4.69, 9.17) is 0 Å².